The molecule has 4 rings (SSSR count). The Labute approximate surface area is 107 Å². The van der Waals surface area contributed by atoms with Crippen LogP contribution in [0.2, 0.25) is 0 Å². The lowest BCUT2D eigenvalue weighted by molar-refractivity contribution is 0.278. The second kappa shape index (κ2) is 3.87. The summed E-state index contributed by atoms with van der Waals surface area (Å²) in [5, 5.41) is 0. The first-order valence-corrected chi connectivity index (χ1v) is 7.80. The van der Waals surface area contributed by atoms with Crippen molar-refractivity contribution in [2.45, 2.75) is 66.2 Å². The lowest BCUT2D eigenvalue weighted by Crippen LogP contribution is -2.28. The number of rotatable bonds is 6. The molecule has 2 bridgehead atoms. The predicted molar refractivity (Wildman–Crippen MR) is 73.8 cm³/mol. The molecule has 0 radical (unpaired) electrons. The Morgan fingerprint density at radius 3 is 2.65 bits per heavy atom. The summed E-state index contributed by atoms with van der Waals surface area (Å²) in [7, 11) is 0. The van der Waals surface area contributed by atoms with Crippen LogP contribution in [0.25, 0.3) is 0 Å². The van der Waals surface area contributed by atoms with Crippen molar-refractivity contribution in [2.24, 2.45) is 29.1 Å². The third-order valence-corrected chi connectivity index (χ3v) is 6.25. The Kier molecular flexibility index (Phi) is 2.69. The quantitative estimate of drug-likeness (QED) is 0.436. The first-order valence-electron chi connectivity index (χ1n) is 7.80. The largest absolute Gasteiger partial charge is 0.0692 e. The molecule has 0 N–H and O–H groups in total. The van der Waals surface area contributed by atoms with E-state index in [2.05, 4.69) is 27.7 Å². The highest BCUT2D eigenvalue weighted by atomic mass is 14.7. The molecule has 0 aromatic heterocycles. The van der Waals surface area contributed by atoms with Crippen LogP contribution >= 0.6 is 0 Å². The van der Waals surface area contributed by atoms with Crippen LogP contribution in [-0.4, -0.2) is 0 Å². The molecule has 5 atom stereocenters. The van der Waals surface area contributed by atoms with Crippen molar-refractivity contribution in [3.8, 4) is 0 Å². The molecule has 0 nitrogen and oxygen atoms in total. The van der Waals surface area contributed by atoms with Crippen LogP contribution < -0.4 is 0 Å². The van der Waals surface area contributed by atoms with Crippen LogP contribution in [-0.2, 0) is 0 Å². The Balaban J connectivity index is 1.44. The Morgan fingerprint density at radius 2 is 2.12 bits per heavy atom. The molecule has 2 fully saturated rings. The van der Waals surface area contributed by atoms with Crippen LogP contribution in [0, 0.1) is 29.1 Å². The van der Waals surface area contributed by atoms with Gasteiger partial charge in [-0.15, -0.1) is 0 Å². The first-order chi connectivity index (χ1) is 8.09. The minimum Gasteiger partial charge on any atom is -0.0692 e. The third-order valence-electron chi connectivity index (χ3n) is 6.25. The Bertz CT molecular complexity index is 351. The van der Waals surface area contributed by atoms with Gasteiger partial charge < -0.3 is 0 Å². The molecule has 0 heteroatoms. The number of unbranched alkanes of at least 4 members (excludes halogenated alkanes) is 1. The van der Waals surface area contributed by atoms with E-state index in [-0.39, 0.29) is 0 Å². The van der Waals surface area contributed by atoms with E-state index in [1.807, 2.05) is 5.57 Å². The molecular weight excluding hydrogens is 204 g/mol. The SMILES string of the molecule is CCC(C)CCCCC1C2=C(C)C1C1(C)CC21. The maximum Gasteiger partial charge on any atom is -0.00773 e. The summed E-state index contributed by atoms with van der Waals surface area (Å²) in [6.07, 6.45) is 8.77. The van der Waals surface area contributed by atoms with E-state index in [0.717, 1.165) is 29.1 Å². The van der Waals surface area contributed by atoms with Crippen molar-refractivity contribution in [3.05, 3.63) is 11.1 Å². The van der Waals surface area contributed by atoms with Gasteiger partial charge in [-0.3, -0.25) is 0 Å². The fourth-order valence-electron chi connectivity index (χ4n) is 4.92. The van der Waals surface area contributed by atoms with Gasteiger partial charge in [0.15, 0.2) is 0 Å². The van der Waals surface area contributed by atoms with E-state index < -0.39 is 0 Å². The van der Waals surface area contributed by atoms with Crippen LogP contribution in [0.15, 0.2) is 11.1 Å². The van der Waals surface area contributed by atoms with E-state index in [1.54, 1.807) is 5.57 Å². The third kappa shape index (κ3) is 1.55. The predicted octanol–water partition coefficient (Wildman–Crippen LogP) is 5.20. The Morgan fingerprint density at radius 1 is 1.35 bits per heavy atom. The normalized spacial score (nSPS) is 43.4. The lowest BCUT2D eigenvalue weighted by atomic mass is 9.66. The molecule has 5 unspecified atom stereocenters. The summed E-state index contributed by atoms with van der Waals surface area (Å²) < 4.78 is 0. The van der Waals surface area contributed by atoms with E-state index in [4.69, 9.17) is 0 Å². The number of hydrogen-bond donors (Lipinski definition) is 0. The summed E-state index contributed by atoms with van der Waals surface area (Å²) in [5.74, 6) is 4.01. The molecule has 4 aliphatic rings. The minimum absolute atomic E-state index is 0.751. The van der Waals surface area contributed by atoms with Gasteiger partial charge in [-0.25, -0.2) is 0 Å². The fraction of sp³-hybridized carbons (Fsp3) is 0.882. The standard InChI is InChI=1S/C17H28/c1-5-11(2)8-6-7-9-13-15-12(3)16(13)17(4)10-14(15)17/h11,13-14,16H,5-10H2,1-4H3. The van der Waals surface area contributed by atoms with Crippen molar-refractivity contribution in [1.29, 1.82) is 0 Å². The van der Waals surface area contributed by atoms with Gasteiger partial charge >= 0.3 is 0 Å². The van der Waals surface area contributed by atoms with Crippen molar-refractivity contribution in [3.63, 3.8) is 0 Å². The fourth-order valence-corrected chi connectivity index (χ4v) is 4.92. The average Bonchev–Trinajstić information content (AvgIpc) is 2.79. The summed E-state index contributed by atoms with van der Waals surface area (Å²) in [4.78, 5) is 0. The van der Waals surface area contributed by atoms with Crippen LogP contribution in [0.3, 0.4) is 0 Å². The highest BCUT2D eigenvalue weighted by Crippen LogP contribution is 2.79. The highest BCUT2D eigenvalue weighted by molar-refractivity contribution is 5.49. The van der Waals surface area contributed by atoms with E-state index in [0.29, 0.717) is 0 Å². The molecule has 0 amide bonds. The maximum atomic E-state index is 2.54. The summed E-state index contributed by atoms with van der Waals surface area (Å²) >= 11 is 0. The molecule has 4 aliphatic carbocycles. The van der Waals surface area contributed by atoms with E-state index >= 15 is 0 Å². The molecule has 0 aromatic rings. The van der Waals surface area contributed by atoms with Crippen LogP contribution in [0.4, 0.5) is 0 Å². The summed E-state index contributed by atoms with van der Waals surface area (Å²) in [6, 6.07) is 0. The van der Waals surface area contributed by atoms with Gasteiger partial charge in [0.2, 0.25) is 0 Å². The van der Waals surface area contributed by atoms with Crippen molar-refractivity contribution >= 4 is 0 Å². The van der Waals surface area contributed by atoms with Crippen LogP contribution in [0.1, 0.15) is 66.2 Å². The summed E-state index contributed by atoms with van der Waals surface area (Å²) in [5.41, 5.74) is 4.47. The monoisotopic (exact) mass is 232 g/mol. The first kappa shape index (κ1) is 11.8. The van der Waals surface area contributed by atoms with Gasteiger partial charge in [-0.05, 0) is 48.9 Å². The molecule has 0 aliphatic heterocycles. The molecular formula is C17H28. The molecule has 0 heterocycles. The van der Waals surface area contributed by atoms with Crippen molar-refractivity contribution < 1.29 is 0 Å². The van der Waals surface area contributed by atoms with Gasteiger partial charge in [-0.1, -0.05) is 57.6 Å². The van der Waals surface area contributed by atoms with E-state index in [9.17, 15) is 0 Å². The molecule has 0 aromatic carbocycles. The topological polar surface area (TPSA) is 0 Å². The molecule has 17 heavy (non-hydrogen) atoms. The lowest BCUT2D eigenvalue weighted by Gasteiger charge is -2.38. The van der Waals surface area contributed by atoms with Gasteiger partial charge in [0.25, 0.3) is 0 Å². The zero-order valence-corrected chi connectivity index (χ0v) is 12.1. The highest BCUT2D eigenvalue weighted by Gasteiger charge is 2.71. The molecule has 96 valence electrons. The van der Waals surface area contributed by atoms with Crippen molar-refractivity contribution in [1.82, 2.24) is 0 Å². The zero-order chi connectivity index (χ0) is 12.2. The van der Waals surface area contributed by atoms with Gasteiger partial charge in [0.1, 0.15) is 0 Å². The van der Waals surface area contributed by atoms with Gasteiger partial charge in [0, 0.05) is 0 Å². The van der Waals surface area contributed by atoms with Gasteiger partial charge in [-0.2, -0.15) is 0 Å². The van der Waals surface area contributed by atoms with E-state index in [1.165, 1.54) is 38.5 Å². The van der Waals surface area contributed by atoms with Gasteiger partial charge in [0.05, 0.1) is 0 Å². The second-order valence-corrected chi connectivity index (χ2v) is 7.28. The molecule has 0 saturated heterocycles. The number of hydrogen-bond acceptors (Lipinski definition) is 0. The van der Waals surface area contributed by atoms with Crippen molar-refractivity contribution in [2.75, 3.05) is 0 Å². The molecule has 2 saturated carbocycles. The smallest absolute Gasteiger partial charge is 0.00773 e. The molecule has 0 spiro atoms. The second-order valence-electron chi connectivity index (χ2n) is 7.28. The Hall–Kier alpha value is -0.260. The average molecular weight is 232 g/mol. The summed E-state index contributed by atoms with van der Waals surface area (Å²) in [6.45, 7) is 9.67. The van der Waals surface area contributed by atoms with Crippen LogP contribution in [0.5, 0.6) is 0 Å². The minimum atomic E-state index is 0.751. The zero-order valence-electron chi connectivity index (χ0n) is 12.1. The number of allylic oxidation sites excluding steroid dienone is 2. The maximum absolute atomic E-state index is 2.54.